The number of nitrogens with one attached hydrogen (secondary N) is 1. The van der Waals surface area contributed by atoms with Crippen molar-refractivity contribution in [1.29, 1.82) is 0 Å². The van der Waals surface area contributed by atoms with Gasteiger partial charge in [-0.3, -0.25) is 0 Å². The van der Waals surface area contributed by atoms with Crippen LogP contribution in [0.1, 0.15) is 27.2 Å². The van der Waals surface area contributed by atoms with Crippen molar-refractivity contribution >= 4 is 5.95 Å². The van der Waals surface area contributed by atoms with E-state index < -0.39 is 0 Å². The van der Waals surface area contributed by atoms with Gasteiger partial charge < -0.3 is 15.2 Å². The summed E-state index contributed by atoms with van der Waals surface area (Å²) >= 11 is 0. The van der Waals surface area contributed by atoms with Crippen LogP contribution in [0.4, 0.5) is 5.95 Å². The number of ether oxygens (including phenoxy) is 1. The van der Waals surface area contributed by atoms with Gasteiger partial charge in [0.15, 0.2) is 0 Å². The third-order valence-electron chi connectivity index (χ3n) is 2.48. The summed E-state index contributed by atoms with van der Waals surface area (Å²) in [4.78, 5) is 8.38. The second-order valence-electron chi connectivity index (χ2n) is 4.16. The van der Waals surface area contributed by atoms with E-state index in [0.29, 0.717) is 30.8 Å². The molecule has 0 bridgehead atoms. The Labute approximate surface area is 102 Å². The fraction of sp³-hybridized carbons (Fsp3) is 0.667. The van der Waals surface area contributed by atoms with Crippen molar-refractivity contribution in [3.05, 3.63) is 12.3 Å². The molecule has 1 unspecified atom stereocenters. The predicted molar refractivity (Wildman–Crippen MR) is 67.2 cm³/mol. The van der Waals surface area contributed by atoms with E-state index in [0.717, 1.165) is 0 Å². The van der Waals surface area contributed by atoms with Crippen molar-refractivity contribution in [1.82, 2.24) is 9.97 Å². The number of nitrogens with zero attached hydrogens (tertiary/aromatic N) is 2. The van der Waals surface area contributed by atoms with Crippen LogP contribution >= 0.6 is 0 Å². The number of hydrogen-bond acceptors (Lipinski definition) is 5. The van der Waals surface area contributed by atoms with Crippen LogP contribution in [0.2, 0.25) is 0 Å². The number of aliphatic hydroxyl groups excluding tert-OH is 1. The standard InChI is InChI=1S/C12H21N3O2/c1-4-17-11-5-7-13-12(15-11)14-10(6-8-16)9(2)3/h5,7,9-10,16H,4,6,8H2,1-3H3,(H,13,14,15). The molecular formula is C12H21N3O2. The van der Waals surface area contributed by atoms with Crippen molar-refractivity contribution < 1.29 is 9.84 Å². The van der Waals surface area contributed by atoms with Gasteiger partial charge in [-0.05, 0) is 19.3 Å². The van der Waals surface area contributed by atoms with Crippen LogP contribution in [-0.2, 0) is 0 Å². The highest BCUT2D eigenvalue weighted by Gasteiger charge is 2.13. The van der Waals surface area contributed by atoms with Crippen LogP contribution < -0.4 is 10.1 Å². The van der Waals surface area contributed by atoms with Crippen LogP contribution in [0.25, 0.3) is 0 Å². The van der Waals surface area contributed by atoms with Gasteiger partial charge >= 0.3 is 0 Å². The molecule has 0 radical (unpaired) electrons. The van der Waals surface area contributed by atoms with Crippen molar-refractivity contribution in [2.45, 2.75) is 33.2 Å². The van der Waals surface area contributed by atoms with Crippen LogP contribution in [0.3, 0.4) is 0 Å². The van der Waals surface area contributed by atoms with Gasteiger partial charge in [-0.25, -0.2) is 4.98 Å². The van der Waals surface area contributed by atoms with Gasteiger partial charge in [0.2, 0.25) is 11.8 Å². The van der Waals surface area contributed by atoms with Crippen molar-refractivity contribution in [3.8, 4) is 5.88 Å². The zero-order chi connectivity index (χ0) is 12.7. The van der Waals surface area contributed by atoms with E-state index in [4.69, 9.17) is 9.84 Å². The maximum atomic E-state index is 9.00. The van der Waals surface area contributed by atoms with Gasteiger partial charge in [-0.2, -0.15) is 4.98 Å². The molecule has 5 heteroatoms. The molecule has 1 heterocycles. The summed E-state index contributed by atoms with van der Waals surface area (Å²) in [5.74, 6) is 1.51. The lowest BCUT2D eigenvalue weighted by atomic mass is 10.0. The molecule has 5 nitrogen and oxygen atoms in total. The lowest BCUT2D eigenvalue weighted by molar-refractivity contribution is 0.267. The molecule has 1 aromatic heterocycles. The Balaban J connectivity index is 2.68. The molecule has 0 aliphatic rings. The zero-order valence-corrected chi connectivity index (χ0v) is 10.7. The average molecular weight is 239 g/mol. The minimum Gasteiger partial charge on any atom is -0.478 e. The minimum absolute atomic E-state index is 0.154. The van der Waals surface area contributed by atoms with E-state index in [1.54, 1.807) is 12.3 Å². The molecule has 0 amide bonds. The van der Waals surface area contributed by atoms with E-state index in [1.807, 2.05) is 6.92 Å². The van der Waals surface area contributed by atoms with Crippen molar-refractivity contribution in [2.75, 3.05) is 18.5 Å². The Morgan fingerprint density at radius 1 is 1.47 bits per heavy atom. The minimum atomic E-state index is 0.154. The monoisotopic (exact) mass is 239 g/mol. The molecule has 1 atom stereocenters. The number of aromatic nitrogens is 2. The summed E-state index contributed by atoms with van der Waals surface area (Å²) in [5, 5.41) is 12.2. The number of rotatable bonds is 7. The SMILES string of the molecule is CCOc1ccnc(NC(CCO)C(C)C)n1. The third-order valence-corrected chi connectivity index (χ3v) is 2.48. The fourth-order valence-corrected chi connectivity index (χ4v) is 1.52. The van der Waals surface area contributed by atoms with Crippen molar-refractivity contribution in [2.24, 2.45) is 5.92 Å². The van der Waals surface area contributed by atoms with Crippen LogP contribution in [0.15, 0.2) is 12.3 Å². The first-order valence-corrected chi connectivity index (χ1v) is 6.00. The fourth-order valence-electron chi connectivity index (χ4n) is 1.52. The second-order valence-corrected chi connectivity index (χ2v) is 4.16. The average Bonchev–Trinajstić information content (AvgIpc) is 2.29. The molecule has 1 rings (SSSR count). The van der Waals surface area contributed by atoms with Gasteiger partial charge in [0, 0.05) is 24.9 Å². The number of anilines is 1. The molecule has 17 heavy (non-hydrogen) atoms. The van der Waals surface area contributed by atoms with E-state index in [9.17, 15) is 0 Å². The summed E-state index contributed by atoms with van der Waals surface area (Å²) in [6.07, 6.45) is 2.34. The van der Waals surface area contributed by atoms with E-state index in [1.165, 1.54) is 0 Å². The summed E-state index contributed by atoms with van der Waals surface area (Å²) in [6.45, 7) is 6.85. The maximum absolute atomic E-state index is 9.00. The van der Waals surface area contributed by atoms with E-state index in [2.05, 4.69) is 29.1 Å². The summed E-state index contributed by atoms with van der Waals surface area (Å²) < 4.78 is 5.31. The molecule has 0 saturated heterocycles. The van der Waals surface area contributed by atoms with Crippen LogP contribution in [0, 0.1) is 5.92 Å². The Hall–Kier alpha value is -1.36. The van der Waals surface area contributed by atoms with Gasteiger partial charge in [0.25, 0.3) is 0 Å². The molecule has 2 N–H and O–H groups in total. The highest BCUT2D eigenvalue weighted by molar-refractivity contribution is 5.29. The third kappa shape index (κ3) is 4.56. The second kappa shape index (κ2) is 7.06. The molecule has 0 aromatic carbocycles. The predicted octanol–water partition coefficient (Wildman–Crippen LogP) is 1.69. The Morgan fingerprint density at radius 3 is 2.82 bits per heavy atom. The Morgan fingerprint density at radius 2 is 2.24 bits per heavy atom. The Bertz CT molecular complexity index is 331. The molecular weight excluding hydrogens is 218 g/mol. The number of aliphatic hydroxyl groups is 1. The molecule has 1 aromatic rings. The quantitative estimate of drug-likeness (QED) is 0.758. The van der Waals surface area contributed by atoms with E-state index in [-0.39, 0.29) is 12.6 Å². The van der Waals surface area contributed by atoms with Crippen molar-refractivity contribution in [3.63, 3.8) is 0 Å². The lowest BCUT2D eigenvalue weighted by Crippen LogP contribution is -2.27. The Kier molecular flexibility index (Phi) is 5.69. The normalized spacial score (nSPS) is 12.5. The first-order valence-electron chi connectivity index (χ1n) is 6.00. The molecule has 0 aliphatic heterocycles. The van der Waals surface area contributed by atoms with Gasteiger partial charge in [0.05, 0.1) is 6.61 Å². The molecule has 0 aliphatic carbocycles. The smallest absolute Gasteiger partial charge is 0.226 e. The molecule has 96 valence electrons. The van der Waals surface area contributed by atoms with Crippen LogP contribution in [-0.4, -0.2) is 34.3 Å². The lowest BCUT2D eigenvalue weighted by Gasteiger charge is -2.21. The maximum Gasteiger partial charge on any atom is 0.226 e. The van der Waals surface area contributed by atoms with E-state index >= 15 is 0 Å². The largest absolute Gasteiger partial charge is 0.478 e. The summed E-state index contributed by atoms with van der Waals surface area (Å²) in [6, 6.07) is 1.89. The summed E-state index contributed by atoms with van der Waals surface area (Å²) in [7, 11) is 0. The summed E-state index contributed by atoms with van der Waals surface area (Å²) in [5.41, 5.74) is 0. The van der Waals surface area contributed by atoms with Crippen LogP contribution in [0.5, 0.6) is 5.88 Å². The highest BCUT2D eigenvalue weighted by Crippen LogP contribution is 2.14. The zero-order valence-electron chi connectivity index (χ0n) is 10.7. The molecule has 0 saturated carbocycles. The van der Waals surface area contributed by atoms with Gasteiger partial charge in [-0.15, -0.1) is 0 Å². The highest BCUT2D eigenvalue weighted by atomic mass is 16.5. The first-order chi connectivity index (χ1) is 8.17. The molecule has 0 spiro atoms. The topological polar surface area (TPSA) is 67.3 Å². The first kappa shape index (κ1) is 13.7. The number of hydrogen-bond donors (Lipinski definition) is 2. The van der Waals surface area contributed by atoms with Gasteiger partial charge in [-0.1, -0.05) is 13.8 Å². The molecule has 0 fully saturated rings. The van der Waals surface area contributed by atoms with Gasteiger partial charge in [0.1, 0.15) is 0 Å².